The highest BCUT2D eigenvalue weighted by molar-refractivity contribution is 7.46. The summed E-state index contributed by atoms with van der Waals surface area (Å²) in [6, 6.07) is -0.356. The second kappa shape index (κ2) is 5.34. The maximum atomic E-state index is 10.6. The van der Waals surface area contributed by atoms with Crippen LogP contribution in [0.3, 0.4) is 0 Å². The van der Waals surface area contributed by atoms with Gasteiger partial charge in [-0.15, -0.1) is 0 Å². The van der Waals surface area contributed by atoms with Crippen molar-refractivity contribution in [2.75, 3.05) is 6.61 Å². The van der Waals surface area contributed by atoms with E-state index in [-0.39, 0.29) is 18.6 Å². The minimum atomic E-state index is -4.43. The molecule has 0 heterocycles. The Balaban J connectivity index is 3.86. The first-order valence-corrected chi connectivity index (χ1v) is 5.35. The highest BCUT2D eigenvalue weighted by Crippen LogP contribution is 2.35. The zero-order valence-electron chi connectivity index (χ0n) is 7.56. The van der Waals surface area contributed by atoms with Gasteiger partial charge in [0, 0.05) is 6.92 Å². The van der Waals surface area contributed by atoms with E-state index in [4.69, 9.17) is 9.79 Å². The number of phosphoric ester groups is 1. The molecule has 1 amide bonds. The van der Waals surface area contributed by atoms with Crippen LogP contribution in [-0.2, 0) is 13.9 Å². The molecule has 0 fully saturated rings. The molecule has 0 aromatic rings. The van der Waals surface area contributed by atoms with Crippen LogP contribution < -0.4 is 5.32 Å². The molecule has 0 aliphatic heterocycles. The number of nitrogens with one attached hydrogen (secondary N) is 1. The van der Waals surface area contributed by atoms with Crippen molar-refractivity contribution in [1.82, 2.24) is 5.32 Å². The first kappa shape index (κ1) is 12.6. The fraction of sp³-hybridized carbons (Fsp3) is 0.833. The van der Waals surface area contributed by atoms with Crippen LogP contribution in [-0.4, -0.2) is 28.3 Å². The Bertz CT molecular complexity index is 213. The van der Waals surface area contributed by atoms with Gasteiger partial charge in [-0.1, -0.05) is 6.92 Å². The van der Waals surface area contributed by atoms with Gasteiger partial charge in [-0.25, -0.2) is 4.57 Å². The van der Waals surface area contributed by atoms with Crippen LogP contribution in [0.1, 0.15) is 20.3 Å². The van der Waals surface area contributed by atoms with Crippen LogP contribution in [0.2, 0.25) is 0 Å². The Morgan fingerprint density at radius 3 is 2.46 bits per heavy atom. The van der Waals surface area contributed by atoms with Crippen LogP contribution in [0.25, 0.3) is 0 Å². The van der Waals surface area contributed by atoms with E-state index in [1.807, 2.05) is 0 Å². The fourth-order valence-corrected chi connectivity index (χ4v) is 1.11. The third-order valence-corrected chi connectivity index (χ3v) is 1.83. The van der Waals surface area contributed by atoms with Gasteiger partial charge in [-0.05, 0) is 6.42 Å². The van der Waals surface area contributed by atoms with Gasteiger partial charge in [0.1, 0.15) is 0 Å². The molecule has 3 N–H and O–H groups in total. The largest absolute Gasteiger partial charge is 0.469 e. The van der Waals surface area contributed by atoms with Crippen molar-refractivity contribution in [3.8, 4) is 0 Å². The summed E-state index contributed by atoms with van der Waals surface area (Å²) in [5.74, 6) is -0.249. The van der Waals surface area contributed by atoms with Gasteiger partial charge >= 0.3 is 7.82 Å². The van der Waals surface area contributed by atoms with Crippen molar-refractivity contribution in [1.29, 1.82) is 0 Å². The molecule has 78 valence electrons. The van der Waals surface area contributed by atoms with E-state index in [1.165, 1.54) is 6.92 Å². The third-order valence-electron chi connectivity index (χ3n) is 1.34. The predicted molar refractivity (Wildman–Crippen MR) is 45.9 cm³/mol. The molecule has 1 atom stereocenters. The molecule has 0 saturated heterocycles. The lowest BCUT2D eigenvalue weighted by Crippen LogP contribution is -2.35. The van der Waals surface area contributed by atoms with Gasteiger partial charge in [0.2, 0.25) is 5.91 Å². The fourth-order valence-electron chi connectivity index (χ4n) is 0.736. The van der Waals surface area contributed by atoms with E-state index in [2.05, 4.69) is 9.84 Å². The molecule has 0 aliphatic rings. The van der Waals surface area contributed by atoms with E-state index in [0.717, 1.165) is 0 Å². The van der Waals surface area contributed by atoms with Crippen LogP contribution in [0.5, 0.6) is 0 Å². The molecule has 0 aromatic heterocycles. The van der Waals surface area contributed by atoms with E-state index < -0.39 is 7.82 Å². The second-order valence-corrected chi connectivity index (χ2v) is 3.83. The average molecular weight is 211 g/mol. The summed E-state index contributed by atoms with van der Waals surface area (Å²) >= 11 is 0. The normalized spacial score (nSPS) is 13.8. The van der Waals surface area contributed by atoms with Crippen LogP contribution in [0, 0.1) is 0 Å². The van der Waals surface area contributed by atoms with E-state index in [9.17, 15) is 9.36 Å². The van der Waals surface area contributed by atoms with Gasteiger partial charge in [-0.3, -0.25) is 9.32 Å². The first-order valence-electron chi connectivity index (χ1n) is 3.82. The van der Waals surface area contributed by atoms with Gasteiger partial charge in [0.05, 0.1) is 12.6 Å². The summed E-state index contributed by atoms with van der Waals surface area (Å²) in [7, 11) is -4.43. The molecule has 7 heteroatoms. The summed E-state index contributed by atoms with van der Waals surface area (Å²) in [5.41, 5.74) is 0. The van der Waals surface area contributed by atoms with E-state index >= 15 is 0 Å². The van der Waals surface area contributed by atoms with Crippen molar-refractivity contribution in [2.45, 2.75) is 26.3 Å². The number of hydrogen-bond donors (Lipinski definition) is 3. The Hall–Kier alpha value is -0.420. The Labute approximate surface area is 76.5 Å². The van der Waals surface area contributed by atoms with Crippen LogP contribution in [0.4, 0.5) is 0 Å². The lowest BCUT2D eigenvalue weighted by molar-refractivity contribution is -0.120. The first-order chi connectivity index (χ1) is 5.85. The zero-order chi connectivity index (χ0) is 10.5. The monoisotopic (exact) mass is 211 g/mol. The predicted octanol–water partition coefficient (Wildman–Crippen LogP) is 0.0104. The highest BCUT2D eigenvalue weighted by Gasteiger charge is 2.17. The molecule has 0 spiro atoms. The molecule has 0 bridgehead atoms. The molecule has 0 saturated carbocycles. The number of amides is 1. The Kier molecular flexibility index (Phi) is 5.17. The van der Waals surface area contributed by atoms with Crippen LogP contribution >= 0.6 is 7.82 Å². The van der Waals surface area contributed by atoms with Gasteiger partial charge in [-0.2, -0.15) is 0 Å². The highest BCUT2D eigenvalue weighted by atomic mass is 31.2. The molecule has 0 unspecified atom stereocenters. The molecule has 13 heavy (non-hydrogen) atoms. The molecular formula is C6H14NO5P. The van der Waals surface area contributed by atoms with Gasteiger partial charge in [0.15, 0.2) is 0 Å². The molecular weight excluding hydrogens is 197 g/mol. The van der Waals surface area contributed by atoms with Crippen molar-refractivity contribution in [3.05, 3.63) is 0 Å². The number of phosphoric acid groups is 1. The van der Waals surface area contributed by atoms with Crippen molar-refractivity contribution in [3.63, 3.8) is 0 Å². The zero-order valence-corrected chi connectivity index (χ0v) is 8.45. The second-order valence-electron chi connectivity index (χ2n) is 2.59. The minimum absolute atomic E-state index is 0.180. The summed E-state index contributed by atoms with van der Waals surface area (Å²) in [6.45, 7) is 2.93. The number of carbonyl (C=O) groups is 1. The summed E-state index contributed by atoms with van der Waals surface area (Å²) in [6.07, 6.45) is 0.555. The van der Waals surface area contributed by atoms with Crippen molar-refractivity contribution >= 4 is 13.7 Å². The molecule has 0 aliphatic carbocycles. The number of hydrogen-bond acceptors (Lipinski definition) is 3. The SMILES string of the molecule is CC[C@H](COP(=O)(O)O)NC(C)=O. The lowest BCUT2D eigenvalue weighted by Gasteiger charge is -2.15. The Morgan fingerprint density at radius 2 is 2.15 bits per heavy atom. The molecule has 0 aromatic carbocycles. The molecule has 6 nitrogen and oxygen atoms in total. The van der Waals surface area contributed by atoms with Gasteiger partial charge in [0.25, 0.3) is 0 Å². The lowest BCUT2D eigenvalue weighted by atomic mass is 10.2. The molecule has 0 rings (SSSR count). The van der Waals surface area contributed by atoms with E-state index in [0.29, 0.717) is 6.42 Å². The van der Waals surface area contributed by atoms with E-state index in [1.54, 1.807) is 6.92 Å². The Morgan fingerprint density at radius 1 is 1.62 bits per heavy atom. The average Bonchev–Trinajstić information content (AvgIpc) is 1.95. The number of carbonyl (C=O) groups excluding carboxylic acids is 1. The number of rotatable bonds is 5. The quantitative estimate of drug-likeness (QED) is 0.556. The van der Waals surface area contributed by atoms with Crippen molar-refractivity contribution < 1.29 is 23.7 Å². The molecule has 0 radical (unpaired) electrons. The standard InChI is InChI=1S/C6H14NO5P/c1-3-6(7-5(2)8)4-12-13(9,10)11/h6H,3-4H2,1-2H3,(H,7,8)(H2,9,10,11)/t6-/m1/s1. The minimum Gasteiger partial charge on any atom is -0.351 e. The maximum Gasteiger partial charge on any atom is 0.469 e. The maximum absolute atomic E-state index is 10.6. The van der Waals surface area contributed by atoms with Crippen LogP contribution in [0.15, 0.2) is 0 Å². The van der Waals surface area contributed by atoms with Gasteiger partial charge < -0.3 is 15.1 Å². The topological polar surface area (TPSA) is 95.9 Å². The summed E-state index contributed by atoms with van der Waals surface area (Å²) < 4.78 is 14.5. The third kappa shape index (κ3) is 7.93. The summed E-state index contributed by atoms with van der Waals surface area (Å²) in [4.78, 5) is 27.3. The van der Waals surface area contributed by atoms with Crippen molar-refractivity contribution in [2.24, 2.45) is 0 Å². The summed E-state index contributed by atoms with van der Waals surface area (Å²) in [5, 5.41) is 2.49. The smallest absolute Gasteiger partial charge is 0.351 e.